The molecule has 2 aromatic rings. The van der Waals surface area contributed by atoms with E-state index in [2.05, 4.69) is 26.3 Å². The summed E-state index contributed by atoms with van der Waals surface area (Å²) in [5.74, 6) is -2.84. The van der Waals surface area contributed by atoms with Gasteiger partial charge >= 0.3 is 0 Å². The minimum Gasteiger partial charge on any atom is -0.368 e. The maximum absolute atomic E-state index is 13.4. The van der Waals surface area contributed by atoms with E-state index in [9.17, 15) is 24.0 Å². The molecule has 39 heavy (non-hydrogen) atoms. The zero-order valence-corrected chi connectivity index (χ0v) is 23.0. The predicted molar refractivity (Wildman–Crippen MR) is 148 cm³/mol. The maximum Gasteiger partial charge on any atom is 0.243 e. The van der Waals surface area contributed by atoms with Crippen molar-refractivity contribution in [3.8, 4) is 0 Å². The molecule has 0 spiro atoms. The molecular weight excluding hydrogens is 502 g/mol. The number of fused-ring (bicyclic) bond motifs is 1. The summed E-state index contributed by atoms with van der Waals surface area (Å²) in [6.07, 6.45) is 3.17. The summed E-state index contributed by atoms with van der Waals surface area (Å²) in [6, 6.07) is 3.86. The first-order valence-corrected chi connectivity index (χ1v) is 13.2. The summed E-state index contributed by atoms with van der Waals surface area (Å²) in [5.41, 5.74) is 12.6. The Balaban J connectivity index is 2.26. The number of benzene rings is 1. The van der Waals surface area contributed by atoms with Gasteiger partial charge in [-0.15, -0.1) is 0 Å². The van der Waals surface area contributed by atoms with Crippen LogP contribution in [0.3, 0.4) is 0 Å². The first-order chi connectivity index (χ1) is 18.4. The van der Waals surface area contributed by atoms with Gasteiger partial charge in [-0.05, 0) is 37.3 Å². The topological polar surface area (TPSA) is 201 Å². The van der Waals surface area contributed by atoms with Crippen molar-refractivity contribution in [2.45, 2.75) is 77.5 Å². The van der Waals surface area contributed by atoms with Crippen LogP contribution in [0.4, 0.5) is 0 Å². The zero-order valence-electron chi connectivity index (χ0n) is 23.0. The van der Waals surface area contributed by atoms with Crippen LogP contribution in [0.25, 0.3) is 10.9 Å². The van der Waals surface area contributed by atoms with Gasteiger partial charge in [0.25, 0.3) is 0 Å². The zero-order chi connectivity index (χ0) is 29.1. The van der Waals surface area contributed by atoms with Crippen molar-refractivity contribution in [1.82, 2.24) is 26.3 Å². The fourth-order valence-corrected chi connectivity index (χ4v) is 4.13. The summed E-state index contributed by atoms with van der Waals surface area (Å²) in [7, 11) is 0. The van der Waals surface area contributed by atoms with E-state index in [0.717, 1.165) is 16.5 Å². The number of primary amides is 1. The van der Waals surface area contributed by atoms with E-state index in [1.807, 2.05) is 45.0 Å². The van der Waals surface area contributed by atoms with Crippen LogP contribution in [0.1, 0.15) is 52.5 Å². The molecule has 1 aromatic carbocycles. The average molecular weight is 544 g/mol. The first-order valence-electron chi connectivity index (χ1n) is 13.2. The Labute approximate surface area is 228 Å². The molecule has 9 N–H and O–H groups in total. The van der Waals surface area contributed by atoms with Crippen LogP contribution >= 0.6 is 0 Å². The largest absolute Gasteiger partial charge is 0.368 e. The van der Waals surface area contributed by atoms with Gasteiger partial charge in [0.2, 0.25) is 29.5 Å². The Hall–Kier alpha value is -3.93. The number of aromatic amines is 1. The quantitative estimate of drug-likeness (QED) is 0.164. The smallest absolute Gasteiger partial charge is 0.243 e. The van der Waals surface area contributed by atoms with E-state index >= 15 is 0 Å². The summed E-state index contributed by atoms with van der Waals surface area (Å²) in [5, 5.41) is 11.4. The number of hydrogen-bond acceptors (Lipinski definition) is 6. The highest BCUT2D eigenvalue weighted by Crippen LogP contribution is 2.19. The van der Waals surface area contributed by atoms with Gasteiger partial charge in [-0.1, -0.05) is 45.4 Å². The molecule has 0 saturated carbocycles. The Bertz CT molecular complexity index is 1160. The number of aromatic nitrogens is 1. The Morgan fingerprint density at radius 2 is 1.54 bits per heavy atom. The molecule has 12 heteroatoms. The summed E-state index contributed by atoms with van der Waals surface area (Å²) in [6.45, 7) is 6.79. The normalized spacial score (nSPS) is 14.2. The van der Waals surface area contributed by atoms with Gasteiger partial charge in [-0.3, -0.25) is 24.0 Å². The molecule has 214 valence electrons. The molecule has 0 saturated heterocycles. The van der Waals surface area contributed by atoms with Crippen LogP contribution in [0, 0.1) is 5.92 Å². The van der Waals surface area contributed by atoms with Gasteiger partial charge < -0.3 is 37.7 Å². The number of amides is 5. The fourth-order valence-electron chi connectivity index (χ4n) is 4.13. The third-order valence-electron chi connectivity index (χ3n) is 6.16. The number of rotatable bonds is 15. The fraction of sp³-hybridized carbons (Fsp3) is 0.519. The standard InChI is InChI=1S/C27H41N7O5/c1-5-8-20(24(29)36)33-27(39)22(12-17-13-30-19-10-7-6-9-18(17)19)34-26(38)21(11-15(2)3)32-23(35)14-31-25(37)16(4)28/h6-7,9-10,13,15-16,20-22,30H,5,8,11-12,14,28H2,1-4H3,(H2,29,36)(H,31,37)(H,32,35)(H,33,39)(H,34,38)/t16-,20-,21-,22-/m0/s1. The van der Waals surface area contributed by atoms with E-state index in [1.165, 1.54) is 6.92 Å². The summed E-state index contributed by atoms with van der Waals surface area (Å²) < 4.78 is 0. The lowest BCUT2D eigenvalue weighted by Gasteiger charge is -2.25. The minimum atomic E-state index is -1.06. The average Bonchev–Trinajstić information content (AvgIpc) is 3.28. The van der Waals surface area contributed by atoms with Gasteiger partial charge in [0.15, 0.2) is 0 Å². The molecule has 0 bridgehead atoms. The van der Waals surface area contributed by atoms with Crippen molar-refractivity contribution >= 4 is 40.4 Å². The Kier molecular flexibility index (Phi) is 11.9. The number of carbonyl (C=O) groups is 5. The number of H-pyrrole nitrogens is 1. The van der Waals surface area contributed by atoms with E-state index in [1.54, 1.807) is 6.20 Å². The predicted octanol–water partition coefficient (Wildman–Crippen LogP) is -0.0403. The second-order valence-corrected chi connectivity index (χ2v) is 10.1. The molecule has 5 amide bonds. The van der Waals surface area contributed by atoms with Crippen LogP contribution in [-0.2, 0) is 30.4 Å². The van der Waals surface area contributed by atoms with Gasteiger partial charge in [0.05, 0.1) is 12.6 Å². The van der Waals surface area contributed by atoms with Gasteiger partial charge in [0.1, 0.15) is 18.1 Å². The van der Waals surface area contributed by atoms with Gasteiger partial charge in [-0.25, -0.2) is 0 Å². The first kappa shape index (κ1) is 31.3. The maximum atomic E-state index is 13.4. The van der Waals surface area contributed by atoms with Crippen molar-refractivity contribution < 1.29 is 24.0 Å². The molecule has 0 aliphatic heterocycles. The molecule has 1 aromatic heterocycles. The number of para-hydroxylation sites is 1. The van der Waals surface area contributed by atoms with Crippen LogP contribution in [-0.4, -0.2) is 65.2 Å². The van der Waals surface area contributed by atoms with Gasteiger partial charge in [0, 0.05) is 23.5 Å². The molecule has 1 heterocycles. The minimum absolute atomic E-state index is 0.0318. The Morgan fingerprint density at radius 1 is 0.897 bits per heavy atom. The number of hydrogen-bond donors (Lipinski definition) is 7. The third kappa shape index (κ3) is 9.71. The number of nitrogens with one attached hydrogen (secondary N) is 5. The molecule has 0 aliphatic carbocycles. The molecule has 0 unspecified atom stereocenters. The van der Waals surface area contributed by atoms with Crippen LogP contribution in [0.15, 0.2) is 30.5 Å². The van der Waals surface area contributed by atoms with Crippen LogP contribution in [0.5, 0.6) is 0 Å². The van der Waals surface area contributed by atoms with E-state index in [0.29, 0.717) is 19.3 Å². The lowest BCUT2D eigenvalue weighted by Crippen LogP contribution is -2.57. The van der Waals surface area contributed by atoms with Crippen molar-refractivity contribution in [1.29, 1.82) is 0 Å². The molecule has 0 radical (unpaired) electrons. The molecule has 0 fully saturated rings. The van der Waals surface area contributed by atoms with Gasteiger partial charge in [-0.2, -0.15) is 0 Å². The van der Waals surface area contributed by atoms with E-state index < -0.39 is 53.7 Å². The second kappa shape index (κ2) is 14.9. The van der Waals surface area contributed by atoms with Crippen molar-refractivity contribution in [3.63, 3.8) is 0 Å². The third-order valence-corrected chi connectivity index (χ3v) is 6.16. The van der Waals surface area contributed by atoms with Crippen molar-refractivity contribution in [3.05, 3.63) is 36.0 Å². The second-order valence-electron chi connectivity index (χ2n) is 10.1. The monoisotopic (exact) mass is 543 g/mol. The lowest BCUT2D eigenvalue weighted by atomic mass is 10.0. The SMILES string of the molecule is CCC[C@H](NC(=O)[C@H](Cc1c[nH]c2ccccc12)NC(=O)[C@H](CC(C)C)NC(=O)CNC(=O)[C@H](C)N)C(N)=O. The Morgan fingerprint density at radius 3 is 2.15 bits per heavy atom. The summed E-state index contributed by atoms with van der Waals surface area (Å²) >= 11 is 0. The van der Waals surface area contributed by atoms with Crippen LogP contribution < -0.4 is 32.7 Å². The molecule has 4 atom stereocenters. The highest BCUT2D eigenvalue weighted by Gasteiger charge is 2.30. The number of carbonyl (C=O) groups excluding carboxylic acids is 5. The van der Waals surface area contributed by atoms with Crippen molar-refractivity contribution in [2.24, 2.45) is 17.4 Å². The molecular formula is C27H41N7O5. The lowest BCUT2D eigenvalue weighted by molar-refractivity contribution is -0.133. The highest BCUT2D eigenvalue weighted by molar-refractivity contribution is 5.95. The van der Waals surface area contributed by atoms with E-state index in [4.69, 9.17) is 11.5 Å². The molecule has 12 nitrogen and oxygen atoms in total. The van der Waals surface area contributed by atoms with Crippen LogP contribution in [0.2, 0.25) is 0 Å². The number of nitrogens with two attached hydrogens (primary N) is 2. The molecule has 0 aliphatic rings. The highest BCUT2D eigenvalue weighted by atomic mass is 16.2. The van der Waals surface area contributed by atoms with Crippen molar-refractivity contribution in [2.75, 3.05) is 6.54 Å². The van der Waals surface area contributed by atoms with E-state index in [-0.39, 0.29) is 18.9 Å². The molecule has 2 rings (SSSR count). The summed E-state index contributed by atoms with van der Waals surface area (Å²) in [4.78, 5) is 66.0.